The first-order valence-electron chi connectivity index (χ1n) is 14.4. The maximum atomic E-state index is 13.7. The summed E-state index contributed by atoms with van der Waals surface area (Å²) >= 11 is 7.81. The Labute approximate surface area is 265 Å². The number of aliphatic hydroxyl groups excluding tert-OH is 1. The van der Waals surface area contributed by atoms with Crippen molar-refractivity contribution in [1.82, 2.24) is 15.2 Å². The Balaban J connectivity index is 0. The van der Waals surface area contributed by atoms with Crippen molar-refractivity contribution in [3.8, 4) is 0 Å². The maximum Gasteiger partial charge on any atom is 0.338 e. The van der Waals surface area contributed by atoms with Gasteiger partial charge in [0.25, 0.3) is 0 Å². The first kappa shape index (κ1) is 42.2. The molecule has 1 aromatic carbocycles. The van der Waals surface area contributed by atoms with Crippen LogP contribution in [0, 0.1) is 5.82 Å². The van der Waals surface area contributed by atoms with Crippen molar-refractivity contribution in [2.45, 2.75) is 54.5 Å². The molecule has 12 heteroatoms. The van der Waals surface area contributed by atoms with E-state index in [4.69, 9.17) is 36.0 Å². The number of carbonyl (C=O) groups excluding carboxylic acids is 2. The van der Waals surface area contributed by atoms with E-state index in [1.54, 1.807) is 19.2 Å². The van der Waals surface area contributed by atoms with Crippen LogP contribution >= 0.6 is 22.9 Å². The summed E-state index contributed by atoms with van der Waals surface area (Å²) in [5.74, 6) is -0.399. The third kappa shape index (κ3) is 14.4. The number of thiazole rings is 1. The topological polar surface area (TPSA) is 113 Å². The fourth-order valence-corrected chi connectivity index (χ4v) is 4.41. The van der Waals surface area contributed by atoms with Crippen LogP contribution in [0.15, 0.2) is 58.7 Å². The number of ether oxygens (including phenoxy) is 2. The Morgan fingerprint density at radius 3 is 2.33 bits per heavy atom. The lowest BCUT2D eigenvalue weighted by Gasteiger charge is -2.32. The quantitative estimate of drug-likeness (QED) is 0.208. The van der Waals surface area contributed by atoms with Gasteiger partial charge in [-0.15, -0.1) is 11.3 Å². The Bertz CT molecular complexity index is 1100. The van der Waals surface area contributed by atoms with E-state index < -0.39 is 17.8 Å². The number of morpholine rings is 1. The van der Waals surface area contributed by atoms with Gasteiger partial charge in [-0.2, -0.15) is 0 Å². The molecule has 2 N–H and O–H groups in total. The fraction of sp³-hybridized carbons (Fsp3) is 0.484. The molecule has 2 aliphatic rings. The van der Waals surface area contributed by atoms with Crippen molar-refractivity contribution in [3.05, 3.63) is 75.1 Å². The molecule has 0 unspecified atom stereocenters. The van der Waals surface area contributed by atoms with Gasteiger partial charge in [-0.3, -0.25) is 14.7 Å². The zero-order valence-corrected chi connectivity index (χ0v) is 28.2. The highest BCUT2D eigenvalue weighted by molar-refractivity contribution is 7.11. The first-order chi connectivity index (χ1) is 21.0. The maximum absolute atomic E-state index is 13.7. The summed E-state index contributed by atoms with van der Waals surface area (Å²) < 4.78 is 24.5. The van der Waals surface area contributed by atoms with Crippen LogP contribution in [0.1, 0.15) is 65.1 Å². The molecule has 1 aromatic heterocycles. The van der Waals surface area contributed by atoms with Gasteiger partial charge in [0.2, 0.25) is 0 Å². The number of halogens is 2. The molecule has 1 saturated heterocycles. The zero-order valence-electron chi connectivity index (χ0n) is 26.7. The standard InChI is InChI=1S/C21H22ClFN4O3S.C3H4O.3C2H6.CH4O/c1-2-30-21(28)17-16(12-27-6-8-29-9-7-27)25-19(20-24-5-10-31-20)26-18(17)14-4-3-13(23)11-15(14)22;1-2-3-4;4*1-2/h3-5,10-11,18H,2,6-9,12H2,1H3,(H,25,26);2-3H,1H2;3*1-2H3;2H,1H3/t18-;;;;;/m0...../s1. The zero-order chi connectivity index (χ0) is 33.2. The number of rotatable bonds is 7. The Morgan fingerprint density at radius 1 is 1.23 bits per heavy atom. The summed E-state index contributed by atoms with van der Waals surface area (Å²) in [6, 6.07) is 3.35. The van der Waals surface area contributed by atoms with Crippen LogP contribution in [0.5, 0.6) is 0 Å². The van der Waals surface area contributed by atoms with Gasteiger partial charge in [0, 0.05) is 54.6 Å². The molecule has 0 bridgehead atoms. The molecule has 0 aliphatic carbocycles. The Kier molecular flexibility index (Phi) is 26.1. The summed E-state index contributed by atoms with van der Waals surface area (Å²) in [5, 5.41) is 13.0. The van der Waals surface area contributed by atoms with E-state index in [-0.39, 0.29) is 11.6 Å². The number of hydrogen-bond donors (Lipinski definition) is 2. The van der Waals surface area contributed by atoms with Crippen molar-refractivity contribution in [1.29, 1.82) is 0 Å². The molecule has 9 nitrogen and oxygen atoms in total. The largest absolute Gasteiger partial charge is 0.463 e. The third-order valence-electron chi connectivity index (χ3n) is 5.10. The molecule has 2 aliphatic heterocycles. The van der Waals surface area contributed by atoms with Crippen LogP contribution in [-0.4, -0.2) is 79.6 Å². The van der Waals surface area contributed by atoms with Crippen LogP contribution in [0.25, 0.3) is 0 Å². The van der Waals surface area contributed by atoms with Gasteiger partial charge in [0.1, 0.15) is 18.1 Å². The lowest BCUT2D eigenvalue weighted by atomic mass is 9.95. The van der Waals surface area contributed by atoms with E-state index in [1.165, 1.54) is 29.5 Å². The molecule has 1 atom stereocenters. The van der Waals surface area contributed by atoms with Gasteiger partial charge in [0.15, 0.2) is 10.8 Å². The number of hydrogen-bond acceptors (Lipinski definition) is 10. The average Bonchev–Trinajstić information content (AvgIpc) is 3.61. The number of nitrogens with one attached hydrogen (secondary N) is 1. The molecule has 242 valence electrons. The van der Waals surface area contributed by atoms with Crippen LogP contribution < -0.4 is 5.32 Å². The molecular formula is C31H48ClFN4O5S. The second kappa shape index (κ2) is 26.7. The molecule has 1 fully saturated rings. The number of esters is 1. The molecule has 43 heavy (non-hydrogen) atoms. The summed E-state index contributed by atoms with van der Waals surface area (Å²) in [7, 11) is 1.00. The first-order valence-corrected chi connectivity index (χ1v) is 15.6. The minimum Gasteiger partial charge on any atom is -0.463 e. The lowest BCUT2D eigenvalue weighted by molar-refractivity contribution is -0.139. The number of aromatic nitrogens is 1. The van der Waals surface area contributed by atoms with Crippen LogP contribution in [0.3, 0.4) is 0 Å². The third-order valence-corrected chi connectivity index (χ3v) is 6.20. The van der Waals surface area contributed by atoms with E-state index in [0.29, 0.717) is 53.7 Å². The second-order valence-corrected chi connectivity index (χ2v) is 8.68. The number of aliphatic hydroxyl groups is 1. The molecule has 2 aromatic rings. The normalized spacial score (nSPS) is 15.2. The van der Waals surface area contributed by atoms with Crippen LogP contribution in [0.2, 0.25) is 5.02 Å². The SMILES string of the molecule is C=CC=O.CC.CC.CC.CCOC(=O)C1=C(CN2CCOCC2)NC(c2nccs2)=N[C@H]1c1ccc(F)cc1Cl.CO. The summed E-state index contributed by atoms with van der Waals surface area (Å²) in [6.45, 7) is 20.3. The monoisotopic (exact) mass is 642 g/mol. The highest BCUT2D eigenvalue weighted by Crippen LogP contribution is 2.36. The predicted octanol–water partition coefficient (Wildman–Crippen LogP) is 6.23. The second-order valence-electron chi connectivity index (χ2n) is 7.38. The van der Waals surface area contributed by atoms with Gasteiger partial charge >= 0.3 is 5.97 Å². The average molecular weight is 643 g/mol. The minimum atomic E-state index is -0.747. The van der Waals surface area contributed by atoms with Gasteiger partial charge in [0.05, 0.1) is 25.4 Å². The van der Waals surface area contributed by atoms with Gasteiger partial charge in [-0.05, 0) is 25.1 Å². The van der Waals surface area contributed by atoms with E-state index >= 15 is 0 Å². The summed E-state index contributed by atoms with van der Waals surface area (Å²) in [5.41, 5.74) is 1.56. The summed E-state index contributed by atoms with van der Waals surface area (Å²) in [4.78, 5) is 33.4. The van der Waals surface area contributed by atoms with E-state index in [1.807, 2.05) is 46.9 Å². The molecule has 0 radical (unpaired) electrons. The number of nitrogens with zero attached hydrogens (tertiary/aromatic N) is 3. The number of aldehydes is 1. The highest BCUT2D eigenvalue weighted by atomic mass is 35.5. The van der Waals surface area contributed by atoms with Crippen molar-refractivity contribution in [2.24, 2.45) is 4.99 Å². The van der Waals surface area contributed by atoms with E-state index in [0.717, 1.165) is 20.2 Å². The van der Waals surface area contributed by atoms with Gasteiger partial charge in [-0.25, -0.2) is 14.2 Å². The van der Waals surface area contributed by atoms with Gasteiger partial charge < -0.3 is 19.9 Å². The number of carbonyl (C=O) groups is 2. The Hall–Kier alpha value is -2.96. The van der Waals surface area contributed by atoms with E-state index in [2.05, 4.69) is 21.8 Å². The van der Waals surface area contributed by atoms with Crippen molar-refractivity contribution >= 4 is 41.0 Å². The molecule has 3 heterocycles. The lowest BCUT2D eigenvalue weighted by Crippen LogP contribution is -2.43. The molecular weight excluding hydrogens is 595 g/mol. The highest BCUT2D eigenvalue weighted by Gasteiger charge is 2.34. The van der Waals surface area contributed by atoms with Crippen LogP contribution in [0.4, 0.5) is 4.39 Å². The van der Waals surface area contributed by atoms with Crippen molar-refractivity contribution < 1.29 is 28.6 Å². The predicted molar refractivity (Wildman–Crippen MR) is 175 cm³/mol. The molecule has 0 amide bonds. The smallest absolute Gasteiger partial charge is 0.338 e. The molecule has 0 saturated carbocycles. The fourth-order valence-electron chi connectivity index (χ4n) is 3.55. The van der Waals surface area contributed by atoms with E-state index in [9.17, 15) is 9.18 Å². The number of benzene rings is 1. The van der Waals surface area contributed by atoms with Crippen molar-refractivity contribution in [2.75, 3.05) is 46.6 Å². The number of aliphatic imine (C=N–C) groups is 1. The number of allylic oxidation sites excluding steroid dienone is 1. The summed E-state index contributed by atoms with van der Waals surface area (Å²) in [6.07, 6.45) is 3.52. The van der Waals surface area contributed by atoms with Crippen LogP contribution in [-0.2, 0) is 19.1 Å². The van der Waals surface area contributed by atoms with Crippen molar-refractivity contribution in [3.63, 3.8) is 0 Å². The van der Waals surface area contributed by atoms with Gasteiger partial charge in [-0.1, -0.05) is 65.8 Å². The molecule has 0 spiro atoms. The number of amidine groups is 1. The minimum absolute atomic E-state index is 0.196. The molecule has 4 rings (SSSR count). The Morgan fingerprint density at radius 2 is 1.84 bits per heavy atom.